The third kappa shape index (κ3) is 3.23. The molecule has 1 saturated heterocycles. The fourth-order valence-electron chi connectivity index (χ4n) is 2.76. The first-order valence-corrected chi connectivity index (χ1v) is 7.28. The van der Waals surface area contributed by atoms with Gasteiger partial charge < -0.3 is 15.0 Å². The normalized spacial score (nSPS) is 28.1. The van der Waals surface area contributed by atoms with Crippen molar-refractivity contribution in [2.24, 2.45) is 11.8 Å². The molecule has 104 valence electrons. The number of nitrogens with one attached hydrogen (secondary N) is 1. The van der Waals surface area contributed by atoms with Crippen LogP contribution in [0.2, 0.25) is 0 Å². The van der Waals surface area contributed by atoms with Gasteiger partial charge in [0.15, 0.2) is 0 Å². The highest BCUT2D eigenvalue weighted by Gasteiger charge is 2.36. The van der Waals surface area contributed by atoms with Gasteiger partial charge in [0.2, 0.25) is 5.91 Å². The van der Waals surface area contributed by atoms with Crippen molar-refractivity contribution in [2.45, 2.75) is 38.6 Å². The molecule has 18 heavy (non-hydrogen) atoms. The third-order valence-corrected chi connectivity index (χ3v) is 4.19. The molecule has 4 heteroatoms. The summed E-state index contributed by atoms with van der Waals surface area (Å²) in [5.74, 6) is 1.01. The Balaban J connectivity index is 1.81. The number of ether oxygens (including phenoxy) is 1. The summed E-state index contributed by atoms with van der Waals surface area (Å²) in [5, 5.41) is 3.43. The maximum absolute atomic E-state index is 12.4. The van der Waals surface area contributed by atoms with E-state index >= 15 is 0 Å². The van der Waals surface area contributed by atoms with Crippen LogP contribution in [0.3, 0.4) is 0 Å². The van der Waals surface area contributed by atoms with Gasteiger partial charge in [0, 0.05) is 19.6 Å². The molecule has 1 saturated carbocycles. The van der Waals surface area contributed by atoms with Crippen LogP contribution in [0.4, 0.5) is 0 Å². The Bertz CT molecular complexity index is 279. The van der Waals surface area contributed by atoms with Gasteiger partial charge >= 0.3 is 0 Å². The molecule has 2 rings (SSSR count). The second-order valence-corrected chi connectivity index (χ2v) is 5.72. The lowest BCUT2D eigenvalue weighted by atomic mass is 9.85. The molecule has 0 spiro atoms. The zero-order valence-corrected chi connectivity index (χ0v) is 11.7. The fraction of sp³-hybridized carbons (Fsp3) is 0.929. The van der Waals surface area contributed by atoms with E-state index in [2.05, 4.69) is 12.2 Å². The monoisotopic (exact) mass is 254 g/mol. The maximum Gasteiger partial charge on any atom is 0.229 e. The highest BCUT2D eigenvalue weighted by atomic mass is 16.5. The molecular formula is C14H26N2O2. The summed E-state index contributed by atoms with van der Waals surface area (Å²) in [5.41, 5.74) is 0. The van der Waals surface area contributed by atoms with E-state index in [1.807, 2.05) is 11.9 Å². The summed E-state index contributed by atoms with van der Waals surface area (Å²) < 4.78 is 5.47. The van der Waals surface area contributed by atoms with Crippen molar-refractivity contribution in [1.29, 1.82) is 0 Å². The SMILES string of the molecule is CCCNC1COCC1C(=O)N(C)CC1CCC1. The van der Waals surface area contributed by atoms with E-state index in [0.717, 1.165) is 25.4 Å². The number of nitrogens with zero attached hydrogens (tertiary/aromatic N) is 1. The van der Waals surface area contributed by atoms with Gasteiger partial charge in [-0.05, 0) is 31.7 Å². The van der Waals surface area contributed by atoms with Crippen molar-refractivity contribution >= 4 is 5.91 Å². The molecule has 1 aliphatic carbocycles. The molecule has 1 amide bonds. The van der Waals surface area contributed by atoms with Crippen molar-refractivity contribution < 1.29 is 9.53 Å². The Morgan fingerprint density at radius 1 is 1.39 bits per heavy atom. The van der Waals surface area contributed by atoms with Gasteiger partial charge in [-0.15, -0.1) is 0 Å². The number of carbonyl (C=O) groups excluding carboxylic acids is 1. The summed E-state index contributed by atoms with van der Waals surface area (Å²) in [6, 6.07) is 0.210. The summed E-state index contributed by atoms with van der Waals surface area (Å²) in [4.78, 5) is 14.3. The van der Waals surface area contributed by atoms with E-state index < -0.39 is 0 Å². The van der Waals surface area contributed by atoms with Crippen LogP contribution in [-0.4, -0.2) is 50.2 Å². The van der Waals surface area contributed by atoms with Gasteiger partial charge in [-0.2, -0.15) is 0 Å². The number of rotatable bonds is 6. The summed E-state index contributed by atoms with van der Waals surface area (Å²) in [7, 11) is 1.94. The lowest BCUT2D eigenvalue weighted by molar-refractivity contribution is -0.135. The van der Waals surface area contributed by atoms with E-state index in [1.54, 1.807) is 0 Å². The minimum Gasteiger partial charge on any atom is -0.379 e. The molecule has 0 aromatic rings. The Kier molecular flexibility index (Phi) is 5.01. The van der Waals surface area contributed by atoms with Crippen LogP contribution in [0.25, 0.3) is 0 Å². The Morgan fingerprint density at radius 2 is 2.17 bits per heavy atom. The van der Waals surface area contributed by atoms with Crippen LogP contribution >= 0.6 is 0 Å². The summed E-state index contributed by atoms with van der Waals surface area (Å²) >= 11 is 0. The third-order valence-electron chi connectivity index (χ3n) is 4.19. The van der Waals surface area contributed by atoms with Crippen molar-refractivity contribution in [3.63, 3.8) is 0 Å². The largest absolute Gasteiger partial charge is 0.379 e. The topological polar surface area (TPSA) is 41.6 Å². The van der Waals surface area contributed by atoms with Crippen molar-refractivity contribution in [2.75, 3.05) is 33.4 Å². The van der Waals surface area contributed by atoms with E-state index in [4.69, 9.17) is 4.74 Å². The molecule has 1 aliphatic heterocycles. The lowest BCUT2D eigenvalue weighted by Crippen LogP contribution is -2.46. The summed E-state index contributed by atoms with van der Waals surface area (Å²) in [6.45, 7) is 5.28. The molecule has 2 aliphatic rings. The van der Waals surface area contributed by atoms with E-state index in [9.17, 15) is 4.79 Å². The number of hydrogen-bond acceptors (Lipinski definition) is 3. The lowest BCUT2D eigenvalue weighted by Gasteiger charge is -2.32. The second-order valence-electron chi connectivity index (χ2n) is 5.72. The standard InChI is InChI=1S/C14H26N2O2/c1-3-7-15-13-10-18-9-12(13)14(17)16(2)8-11-5-4-6-11/h11-13,15H,3-10H2,1-2H3. The quantitative estimate of drug-likeness (QED) is 0.776. The molecule has 2 fully saturated rings. The second kappa shape index (κ2) is 6.53. The predicted molar refractivity (Wildman–Crippen MR) is 71.4 cm³/mol. The average Bonchev–Trinajstić information content (AvgIpc) is 2.78. The highest BCUT2D eigenvalue weighted by Crippen LogP contribution is 2.27. The first-order chi connectivity index (χ1) is 8.72. The first kappa shape index (κ1) is 13.8. The minimum atomic E-state index is 0.0154. The van der Waals surface area contributed by atoms with Crippen LogP contribution in [-0.2, 0) is 9.53 Å². The van der Waals surface area contributed by atoms with Crippen molar-refractivity contribution in [3.8, 4) is 0 Å². The number of amides is 1. The first-order valence-electron chi connectivity index (χ1n) is 7.28. The van der Waals surface area contributed by atoms with E-state index in [-0.39, 0.29) is 17.9 Å². The number of carbonyl (C=O) groups is 1. The molecule has 1 N–H and O–H groups in total. The molecule has 0 aromatic heterocycles. The van der Waals surface area contributed by atoms with Gasteiger partial charge in [-0.3, -0.25) is 4.79 Å². The maximum atomic E-state index is 12.4. The van der Waals surface area contributed by atoms with Gasteiger partial charge in [0.05, 0.1) is 19.1 Å². The van der Waals surface area contributed by atoms with Crippen LogP contribution in [0.5, 0.6) is 0 Å². The van der Waals surface area contributed by atoms with Crippen molar-refractivity contribution in [3.05, 3.63) is 0 Å². The molecular weight excluding hydrogens is 228 g/mol. The molecule has 0 aromatic carbocycles. The molecule has 0 bridgehead atoms. The van der Waals surface area contributed by atoms with Gasteiger partial charge in [-0.25, -0.2) is 0 Å². The predicted octanol–water partition coefficient (Wildman–Crippen LogP) is 1.26. The van der Waals surface area contributed by atoms with Crippen LogP contribution in [0.15, 0.2) is 0 Å². The van der Waals surface area contributed by atoms with E-state index in [0.29, 0.717) is 13.2 Å². The molecule has 1 heterocycles. The smallest absolute Gasteiger partial charge is 0.229 e. The zero-order chi connectivity index (χ0) is 13.0. The van der Waals surface area contributed by atoms with Crippen LogP contribution in [0.1, 0.15) is 32.6 Å². The molecule has 4 nitrogen and oxygen atoms in total. The van der Waals surface area contributed by atoms with Crippen LogP contribution in [0, 0.1) is 11.8 Å². The highest BCUT2D eigenvalue weighted by molar-refractivity contribution is 5.79. The van der Waals surface area contributed by atoms with Gasteiger partial charge in [0.1, 0.15) is 0 Å². The van der Waals surface area contributed by atoms with Crippen LogP contribution < -0.4 is 5.32 Å². The number of hydrogen-bond donors (Lipinski definition) is 1. The van der Waals surface area contributed by atoms with Gasteiger partial charge in [-0.1, -0.05) is 13.3 Å². The molecule has 0 radical (unpaired) electrons. The van der Waals surface area contributed by atoms with E-state index in [1.165, 1.54) is 19.3 Å². The van der Waals surface area contributed by atoms with Crippen molar-refractivity contribution in [1.82, 2.24) is 10.2 Å². The molecule has 2 unspecified atom stereocenters. The fourth-order valence-corrected chi connectivity index (χ4v) is 2.76. The van der Waals surface area contributed by atoms with Gasteiger partial charge in [0.25, 0.3) is 0 Å². The zero-order valence-electron chi connectivity index (χ0n) is 11.7. The average molecular weight is 254 g/mol. The Labute approximate surface area is 110 Å². The Hall–Kier alpha value is -0.610. The molecule has 2 atom stereocenters. The minimum absolute atomic E-state index is 0.0154. The Morgan fingerprint density at radius 3 is 2.78 bits per heavy atom. The summed E-state index contributed by atoms with van der Waals surface area (Å²) in [6.07, 6.45) is 5.00.